The molecule has 1 unspecified atom stereocenters. The molecule has 2 aromatic carbocycles. The first-order chi connectivity index (χ1) is 8.58. The van der Waals surface area contributed by atoms with Crippen molar-refractivity contribution in [3.8, 4) is 0 Å². The predicted octanol–water partition coefficient (Wildman–Crippen LogP) is 4.10. The summed E-state index contributed by atoms with van der Waals surface area (Å²) in [6.07, 6.45) is 0. The van der Waals surface area contributed by atoms with E-state index in [1.807, 2.05) is 42.5 Å². The number of hydrogen-bond acceptors (Lipinski definition) is 2. The van der Waals surface area contributed by atoms with E-state index in [9.17, 15) is 4.21 Å². The lowest BCUT2D eigenvalue weighted by Crippen LogP contribution is -2.01. The van der Waals surface area contributed by atoms with E-state index in [1.54, 1.807) is 0 Å². The molecule has 1 atom stereocenters. The summed E-state index contributed by atoms with van der Waals surface area (Å²) in [4.78, 5) is 0.799. The second kappa shape index (κ2) is 5.99. The first-order valence-corrected chi connectivity index (χ1v) is 8.15. The van der Waals surface area contributed by atoms with Crippen LogP contribution in [0, 0.1) is 0 Å². The average Bonchev–Trinajstić information content (AvgIpc) is 2.34. The third-order valence-electron chi connectivity index (χ3n) is 2.51. The molecule has 0 aromatic heterocycles. The molecule has 0 saturated carbocycles. The van der Waals surface area contributed by atoms with E-state index in [0.717, 1.165) is 19.4 Å². The lowest BCUT2D eigenvalue weighted by Gasteiger charge is -2.08. The van der Waals surface area contributed by atoms with E-state index in [4.69, 9.17) is 5.73 Å². The van der Waals surface area contributed by atoms with Gasteiger partial charge in [0.2, 0.25) is 0 Å². The molecule has 0 aliphatic carbocycles. The molecule has 0 aliphatic rings. The van der Waals surface area contributed by atoms with Gasteiger partial charge in [-0.25, -0.2) is 0 Å². The van der Waals surface area contributed by atoms with Gasteiger partial charge in [0.1, 0.15) is 0 Å². The zero-order valence-electron chi connectivity index (χ0n) is 9.40. The van der Waals surface area contributed by atoms with Crippen LogP contribution in [0.1, 0.15) is 5.56 Å². The Hall–Kier alpha value is -0.650. The molecule has 0 amide bonds. The molecule has 5 heteroatoms. The van der Waals surface area contributed by atoms with Crippen LogP contribution in [0.3, 0.4) is 0 Å². The first kappa shape index (κ1) is 13.8. The molecule has 94 valence electrons. The molecule has 0 heterocycles. The van der Waals surface area contributed by atoms with E-state index in [2.05, 4.69) is 31.9 Å². The fourth-order valence-corrected chi connectivity index (χ4v) is 3.69. The Morgan fingerprint density at radius 3 is 2.33 bits per heavy atom. The van der Waals surface area contributed by atoms with Crippen molar-refractivity contribution >= 4 is 48.3 Å². The summed E-state index contributed by atoms with van der Waals surface area (Å²) >= 11 is 6.80. The molecule has 18 heavy (non-hydrogen) atoms. The number of nitrogen functional groups attached to an aromatic ring is 1. The molecular weight excluding hydrogens is 378 g/mol. The molecule has 2 rings (SSSR count). The monoisotopic (exact) mass is 387 g/mol. The van der Waals surface area contributed by atoms with E-state index in [-0.39, 0.29) is 0 Å². The first-order valence-electron chi connectivity index (χ1n) is 5.25. The lowest BCUT2D eigenvalue weighted by molar-refractivity contribution is 0.682. The van der Waals surface area contributed by atoms with Gasteiger partial charge in [0.05, 0.1) is 16.6 Å². The Kier molecular flexibility index (Phi) is 4.59. The minimum atomic E-state index is -1.09. The van der Waals surface area contributed by atoms with Crippen molar-refractivity contribution in [3.05, 3.63) is 57.0 Å². The van der Waals surface area contributed by atoms with Gasteiger partial charge in [0.25, 0.3) is 0 Å². The van der Waals surface area contributed by atoms with E-state index < -0.39 is 10.8 Å². The number of nitrogens with two attached hydrogens (primary N) is 1. The van der Waals surface area contributed by atoms with E-state index >= 15 is 0 Å². The van der Waals surface area contributed by atoms with Gasteiger partial charge in [-0.05, 0) is 36.4 Å². The van der Waals surface area contributed by atoms with Gasteiger partial charge >= 0.3 is 0 Å². The van der Waals surface area contributed by atoms with Gasteiger partial charge in [0, 0.05) is 25.1 Å². The van der Waals surface area contributed by atoms with Crippen molar-refractivity contribution < 1.29 is 4.21 Å². The highest BCUT2D eigenvalue weighted by molar-refractivity contribution is 9.10. The molecule has 0 saturated heterocycles. The maximum Gasteiger partial charge on any atom is 0.0575 e. The molecule has 0 fully saturated rings. The summed E-state index contributed by atoms with van der Waals surface area (Å²) in [5, 5.41) is 0. The van der Waals surface area contributed by atoms with Crippen LogP contribution in [-0.4, -0.2) is 4.21 Å². The Morgan fingerprint density at radius 1 is 1.06 bits per heavy atom. The normalized spacial score (nSPS) is 12.3. The number of anilines is 1. The molecule has 2 nitrogen and oxygen atoms in total. The molecule has 0 bridgehead atoms. The van der Waals surface area contributed by atoms with Crippen molar-refractivity contribution in [3.63, 3.8) is 0 Å². The predicted molar refractivity (Wildman–Crippen MR) is 82.8 cm³/mol. The van der Waals surface area contributed by atoms with Gasteiger partial charge in [-0.15, -0.1) is 0 Å². The molecule has 2 aromatic rings. The molecule has 0 spiro atoms. The van der Waals surface area contributed by atoms with Gasteiger partial charge in [-0.3, -0.25) is 4.21 Å². The maximum absolute atomic E-state index is 12.2. The lowest BCUT2D eigenvalue weighted by atomic mass is 10.2. The zero-order chi connectivity index (χ0) is 13.1. The van der Waals surface area contributed by atoms with Crippen LogP contribution >= 0.6 is 31.9 Å². The van der Waals surface area contributed by atoms with Gasteiger partial charge in [-0.1, -0.05) is 37.9 Å². The minimum Gasteiger partial charge on any atom is -0.398 e. The summed E-state index contributed by atoms with van der Waals surface area (Å²) in [5.41, 5.74) is 7.45. The highest BCUT2D eigenvalue weighted by atomic mass is 79.9. The zero-order valence-corrected chi connectivity index (χ0v) is 13.4. The van der Waals surface area contributed by atoms with Gasteiger partial charge in [-0.2, -0.15) is 0 Å². The minimum absolute atomic E-state index is 0.412. The van der Waals surface area contributed by atoms with Crippen molar-refractivity contribution in [2.45, 2.75) is 10.6 Å². The quantitative estimate of drug-likeness (QED) is 0.804. The largest absolute Gasteiger partial charge is 0.398 e. The fraction of sp³-hybridized carbons (Fsp3) is 0.0769. The second-order valence-corrected chi connectivity index (χ2v) is 6.97. The highest BCUT2D eigenvalue weighted by Crippen LogP contribution is 2.26. The number of benzene rings is 2. The summed E-state index contributed by atoms with van der Waals surface area (Å²) in [6, 6.07) is 13.1. The molecular formula is C13H11Br2NOS. The standard InChI is InChI=1S/C13H11Br2NOS/c14-9-4-6-10(7-5-9)18(17)8-11-12(15)2-1-3-13(11)16/h1-7H,8,16H2. The molecule has 2 N–H and O–H groups in total. The van der Waals surface area contributed by atoms with Crippen LogP contribution in [0.15, 0.2) is 56.3 Å². The van der Waals surface area contributed by atoms with Crippen LogP contribution in [0.5, 0.6) is 0 Å². The molecule has 0 radical (unpaired) electrons. The molecule has 0 aliphatic heterocycles. The Labute approximate surface area is 125 Å². The number of hydrogen-bond donors (Lipinski definition) is 1. The van der Waals surface area contributed by atoms with Crippen molar-refractivity contribution in [1.82, 2.24) is 0 Å². The van der Waals surface area contributed by atoms with Crippen molar-refractivity contribution in [1.29, 1.82) is 0 Å². The summed E-state index contributed by atoms with van der Waals surface area (Å²) in [6.45, 7) is 0. The topological polar surface area (TPSA) is 43.1 Å². The third kappa shape index (κ3) is 3.22. The Bertz CT molecular complexity index is 564. The van der Waals surface area contributed by atoms with Crippen LogP contribution in [-0.2, 0) is 16.6 Å². The van der Waals surface area contributed by atoms with E-state index in [0.29, 0.717) is 11.4 Å². The Morgan fingerprint density at radius 2 is 1.72 bits per heavy atom. The Balaban J connectivity index is 2.24. The van der Waals surface area contributed by atoms with Crippen LogP contribution in [0.25, 0.3) is 0 Å². The van der Waals surface area contributed by atoms with Crippen LogP contribution in [0.4, 0.5) is 5.69 Å². The highest BCUT2D eigenvalue weighted by Gasteiger charge is 2.10. The third-order valence-corrected chi connectivity index (χ3v) is 5.13. The van der Waals surface area contributed by atoms with Crippen molar-refractivity contribution in [2.24, 2.45) is 0 Å². The smallest absolute Gasteiger partial charge is 0.0575 e. The SMILES string of the molecule is Nc1cccc(Br)c1CS(=O)c1ccc(Br)cc1. The number of rotatable bonds is 3. The van der Waals surface area contributed by atoms with E-state index in [1.165, 1.54) is 0 Å². The van der Waals surface area contributed by atoms with Crippen molar-refractivity contribution in [2.75, 3.05) is 5.73 Å². The summed E-state index contributed by atoms with van der Waals surface area (Å²) < 4.78 is 14.1. The second-order valence-electron chi connectivity index (χ2n) is 3.75. The van der Waals surface area contributed by atoms with Gasteiger partial charge < -0.3 is 5.73 Å². The maximum atomic E-state index is 12.2. The van der Waals surface area contributed by atoms with Gasteiger partial charge in [0.15, 0.2) is 0 Å². The number of halogens is 2. The average molecular weight is 389 g/mol. The summed E-state index contributed by atoms with van der Waals surface area (Å²) in [7, 11) is -1.09. The summed E-state index contributed by atoms with van der Waals surface area (Å²) in [5.74, 6) is 0.412. The van der Waals surface area contributed by atoms with Crippen LogP contribution < -0.4 is 5.73 Å². The fourth-order valence-electron chi connectivity index (χ4n) is 1.53. The van der Waals surface area contributed by atoms with Crippen LogP contribution in [0.2, 0.25) is 0 Å².